The zero-order valence-corrected chi connectivity index (χ0v) is 16.2. The molecule has 0 saturated heterocycles. The number of carbonyl (C=O) groups excluding carboxylic acids is 2. The summed E-state index contributed by atoms with van der Waals surface area (Å²) in [6.07, 6.45) is 0. The van der Waals surface area contributed by atoms with E-state index in [2.05, 4.69) is 10.0 Å². The number of rotatable bonds is 7. The van der Waals surface area contributed by atoms with Gasteiger partial charge in [0.2, 0.25) is 15.9 Å². The van der Waals surface area contributed by atoms with E-state index in [1.165, 1.54) is 31.2 Å². The number of anilines is 1. The highest BCUT2D eigenvalue weighted by atomic mass is 32.2. The molecule has 8 heteroatoms. The van der Waals surface area contributed by atoms with Crippen LogP contribution in [-0.2, 0) is 19.6 Å². The molecule has 2 aromatic carbocycles. The van der Waals surface area contributed by atoms with Gasteiger partial charge in [-0.15, -0.1) is 0 Å². The van der Waals surface area contributed by atoms with E-state index >= 15 is 0 Å². The van der Waals surface area contributed by atoms with Crippen LogP contribution in [0, 0.1) is 0 Å². The summed E-state index contributed by atoms with van der Waals surface area (Å²) >= 11 is 0. The van der Waals surface area contributed by atoms with Crippen LogP contribution in [-0.4, -0.2) is 26.9 Å². The summed E-state index contributed by atoms with van der Waals surface area (Å²) in [5, 5.41) is 2.66. The van der Waals surface area contributed by atoms with Gasteiger partial charge in [0.1, 0.15) is 0 Å². The molecule has 0 fully saturated rings. The van der Waals surface area contributed by atoms with Gasteiger partial charge in [-0.25, -0.2) is 17.9 Å². The Morgan fingerprint density at radius 1 is 1.11 bits per heavy atom. The van der Waals surface area contributed by atoms with E-state index in [-0.39, 0.29) is 23.0 Å². The van der Waals surface area contributed by atoms with Crippen molar-refractivity contribution < 1.29 is 22.7 Å². The van der Waals surface area contributed by atoms with Crippen molar-refractivity contribution in [3.05, 3.63) is 59.7 Å². The molecule has 7 nitrogen and oxygen atoms in total. The number of carbonyl (C=O) groups is 2. The van der Waals surface area contributed by atoms with Gasteiger partial charge in [0.15, 0.2) is 0 Å². The SMILES string of the molecule is CCOC(=O)c1cccc(S(=O)(=O)NC(C)c2cccc(NC(C)=O)c2)c1. The molecule has 2 rings (SSSR count). The summed E-state index contributed by atoms with van der Waals surface area (Å²) in [5.74, 6) is -0.790. The second-order valence-electron chi connectivity index (χ2n) is 5.90. The quantitative estimate of drug-likeness (QED) is 0.708. The monoisotopic (exact) mass is 390 g/mol. The lowest BCUT2D eigenvalue weighted by Gasteiger charge is -2.16. The maximum Gasteiger partial charge on any atom is 0.338 e. The van der Waals surface area contributed by atoms with Crippen molar-refractivity contribution in [1.82, 2.24) is 4.72 Å². The molecular weight excluding hydrogens is 368 g/mol. The molecule has 0 aliphatic rings. The summed E-state index contributed by atoms with van der Waals surface area (Å²) in [6.45, 7) is 4.97. The molecule has 1 amide bonds. The lowest BCUT2D eigenvalue weighted by atomic mass is 10.1. The van der Waals surface area contributed by atoms with Gasteiger partial charge in [0.05, 0.1) is 17.1 Å². The van der Waals surface area contributed by atoms with Gasteiger partial charge in [0, 0.05) is 18.7 Å². The van der Waals surface area contributed by atoms with Crippen LogP contribution in [0.5, 0.6) is 0 Å². The molecule has 0 aromatic heterocycles. The normalized spacial score (nSPS) is 12.3. The third-order valence-corrected chi connectivity index (χ3v) is 5.23. The lowest BCUT2D eigenvalue weighted by Crippen LogP contribution is -2.27. The van der Waals surface area contributed by atoms with Crippen molar-refractivity contribution in [2.75, 3.05) is 11.9 Å². The Kier molecular flexibility index (Phi) is 6.70. The van der Waals surface area contributed by atoms with Crippen LogP contribution >= 0.6 is 0 Å². The van der Waals surface area contributed by atoms with Crippen molar-refractivity contribution in [2.45, 2.75) is 31.7 Å². The molecule has 0 heterocycles. The second-order valence-corrected chi connectivity index (χ2v) is 7.61. The van der Waals surface area contributed by atoms with E-state index in [1.807, 2.05) is 0 Å². The highest BCUT2D eigenvalue weighted by molar-refractivity contribution is 7.89. The smallest absolute Gasteiger partial charge is 0.338 e. The van der Waals surface area contributed by atoms with Gasteiger partial charge >= 0.3 is 5.97 Å². The van der Waals surface area contributed by atoms with Crippen molar-refractivity contribution in [2.24, 2.45) is 0 Å². The first-order chi connectivity index (χ1) is 12.7. The van der Waals surface area contributed by atoms with Crippen LogP contribution in [0.3, 0.4) is 0 Å². The number of amides is 1. The van der Waals surface area contributed by atoms with E-state index < -0.39 is 22.0 Å². The predicted octanol–water partition coefficient (Wildman–Crippen LogP) is 2.86. The molecule has 2 N–H and O–H groups in total. The van der Waals surface area contributed by atoms with E-state index in [0.29, 0.717) is 11.3 Å². The first-order valence-corrected chi connectivity index (χ1v) is 9.88. The molecule has 0 aliphatic heterocycles. The Morgan fingerprint density at radius 3 is 2.48 bits per heavy atom. The number of esters is 1. The minimum absolute atomic E-state index is 0.0297. The van der Waals surface area contributed by atoms with Gasteiger partial charge in [0.25, 0.3) is 0 Å². The average Bonchev–Trinajstić information content (AvgIpc) is 2.61. The fourth-order valence-corrected chi connectivity index (χ4v) is 3.74. The topological polar surface area (TPSA) is 102 Å². The van der Waals surface area contributed by atoms with Crippen LogP contribution in [0.2, 0.25) is 0 Å². The van der Waals surface area contributed by atoms with Crippen LogP contribution < -0.4 is 10.0 Å². The molecule has 1 atom stereocenters. The van der Waals surface area contributed by atoms with Crippen LogP contribution in [0.25, 0.3) is 0 Å². The zero-order valence-electron chi connectivity index (χ0n) is 15.4. The van der Waals surface area contributed by atoms with Gasteiger partial charge in [-0.1, -0.05) is 18.2 Å². The number of sulfonamides is 1. The van der Waals surface area contributed by atoms with Crippen LogP contribution in [0.1, 0.15) is 42.7 Å². The molecular formula is C19H22N2O5S. The van der Waals surface area contributed by atoms with E-state index in [9.17, 15) is 18.0 Å². The first-order valence-electron chi connectivity index (χ1n) is 8.40. The minimum atomic E-state index is -3.86. The number of ether oxygens (including phenoxy) is 1. The predicted molar refractivity (Wildman–Crippen MR) is 102 cm³/mol. The Bertz CT molecular complexity index is 941. The summed E-state index contributed by atoms with van der Waals surface area (Å²) < 4.78 is 32.8. The van der Waals surface area contributed by atoms with Gasteiger partial charge in [-0.05, 0) is 49.7 Å². The molecule has 0 radical (unpaired) electrons. The van der Waals surface area contributed by atoms with Gasteiger partial charge in [-0.3, -0.25) is 4.79 Å². The van der Waals surface area contributed by atoms with Crippen molar-refractivity contribution in [3.8, 4) is 0 Å². The minimum Gasteiger partial charge on any atom is -0.462 e. The van der Waals surface area contributed by atoms with Crippen LogP contribution in [0.4, 0.5) is 5.69 Å². The summed E-state index contributed by atoms with van der Waals surface area (Å²) in [7, 11) is -3.86. The van der Waals surface area contributed by atoms with Gasteiger partial charge in [-0.2, -0.15) is 0 Å². The third-order valence-electron chi connectivity index (χ3n) is 3.69. The fraction of sp³-hybridized carbons (Fsp3) is 0.263. The van der Waals surface area contributed by atoms with Crippen molar-refractivity contribution in [1.29, 1.82) is 0 Å². The number of benzene rings is 2. The van der Waals surface area contributed by atoms with Gasteiger partial charge < -0.3 is 10.1 Å². The Hall–Kier alpha value is -2.71. The molecule has 0 aliphatic carbocycles. The van der Waals surface area contributed by atoms with E-state index in [1.54, 1.807) is 38.1 Å². The molecule has 2 aromatic rings. The molecule has 0 bridgehead atoms. The maximum atomic E-state index is 12.7. The lowest BCUT2D eigenvalue weighted by molar-refractivity contribution is -0.114. The number of hydrogen-bond donors (Lipinski definition) is 2. The highest BCUT2D eigenvalue weighted by Gasteiger charge is 2.20. The molecule has 1 unspecified atom stereocenters. The third kappa shape index (κ3) is 5.63. The van der Waals surface area contributed by atoms with E-state index in [4.69, 9.17) is 4.74 Å². The zero-order chi connectivity index (χ0) is 20.0. The summed E-state index contributed by atoms with van der Waals surface area (Å²) in [4.78, 5) is 23.0. The first kappa shape index (κ1) is 20.6. The Balaban J connectivity index is 2.22. The number of nitrogens with one attached hydrogen (secondary N) is 2. The van der Waals surface area contributed by atoms with Crippen molar-refractivity contribution in [3.63, 3.8) is 0 Å². The molecule has 27 heavy (non-hydrogen) atoms. The maximum absolute atomic E-state index is 12.7. The van der Waals surface area contributed by atoms with Crippen molar-refractivity contribution >= 4 is 27.6 Å². The largest absolute Gasteiger partial charge is 0.462 e. The summed E-state index contributed by atoms with van der Waals surface area (Å²) in [5.41, 5.74) is 1.43. The standard InChI is InChI=1S/C19H22N2O5S/c1-4-26-19(23)16-8-6-10-18(12-16)27(24,25)21-13(2)15-7-5-9-17(11-15)20-14(3)22/h5-13,21H,4H2,1-3H3,(H,20,22). The highest BCUT2D eigenvalue weighted by Crippen LogP contribution is 2.21. The molecule has 0 saturated carbocycles. The van der Waals surface area contributed by atoms with E-state index in [0.717, 1.165) is 0 Å². The second kappa shape index (κ2) is 8.79. The Labute approximate surface area is 158 Å². The summed E-state index contributed by atoms with van der Waals surface area (Å²) in [6, 6.07) is 12.0. The molecule has 0 spiro atoms. The fourth-order valence-electron chi connectivity index (χ4n) is 2.46. The number of hydrogen-bond acceptors (Lipinski definition) is 5. The average molecular weight is 390 g/mol. The van der Waals surface area contributed by atoms with Crippen LogP contribution in [0.15, 0.2) is 53.4 Å². The Morgan fingerprint density at radius 2 is 1.81 bits per heavy atom. The molecule has 144 valence electrons.